The zero-order chi connectivity index (χ0) is 23.2. The van der Waals surface area contributed by atoms with Gasteiger partial charge in [-0.15, -0.1) is 0 Å². The summed E-state index contributed by atoms with van der Waals surface area (Å²) >= 11 is 0. The van der Waals surface area contributed by atoms with E-state index in [1.54, 1.807) is 25.9 Å². The molecule has 3 aromatic rings. The molecule has 1 atom stereocenters. The number of nitrogens with one attached hydrogen (secondary N) is 1. The molecule has 0 radical (unpaired) electrons. The number of fused-ring (bicyclic) bond motifs is 2. The Morgan fingerprint density at radius 1 is 1.06 bits per heavy atom. The Balaban J connectivity index is 1.42. The topological polar surface area (TPSA) is 66.8 Å². The van der Waals surface area contributed by atoms with Crippen molar-refractivity contribution < 1.29 is 14.3 Å². The van der Waals surface area contributed by atoms with Crippen molar-refractivity contribution in [3.63, 3.8) is 0 Å². The van der Waals surface area contributed by atoms with Crippen LogP contribution in [0.25, 0.3) is 10.9 Å². The van der Waals surface area contributed by atoms with E-state index < -0.39 is 11.6 Å². The summed E-state index contributed by atoms with van der Waals surface area (Å²) in [6, 6.07) is 16.2. The third-order valence-corrected chi connectivity index (χ3v) is 6.76. The maximum Gasteiger partial charge on any atom is 0.248 e. The van der Waals surface area contributed by atoms with Crippen LogP contribution in [-0.2, 0) is 22.7 Å². The average molecular weight is 447 g/mol. The molecule has 0 aliphatic carbocycles. The van der Waals surface area contributed by atoms with E-state index in [0.29, 0.717) is 19.6 Å². The molecule has 7 nitrogen and oxygen atoms in total. The van der Waals surface area contributed by atoms with Crippen LogP contribution in [0.2, 0.25) is 0 Å². The number of methoxy groups -OCH3 is 1. The van der Waals surface area contributed by atoms with E-state index in [-0.39, 0.29) is 11.8 Å². The number of nitrogens with zero attached hydrogens (tertiary/aromatic N) is 3. The lowest BCUT2D eigenvalue weighted by Crippen LogP contribution is -2.72. The van der Waals surface area contributed by atoms with Crippen LogP contribution in [0.4, 0.5) is 0 Å². The minimum Gasteiger partial charge on any atom is -0.497 e. The Morgan fingerprint density at radius 2 is 1.85 bits per heavy atom. The molecule has 2 aromatic carbocycles. The largest absolute Gasteiger partial charge is 0.497 e. The SMILES string of the molecule is COc1ccc2c(c1)c(CN1CCN3C(=O)C(C)(C)NC(=O)C3C1)cn2Cc1ccccc1. The molecule has 1 N–H and O–H groups in total. The number of aromatic nitrogens is 1. The van der Waals surface area contributed by atoms with Gasteiger partial charge in [0.2, 0.25) is 11.8 Å². The van der Waals surface area contributed by atoms with E-state index in [0.717, 1.165) is 29.7 Å². The highest BCUT2D eigenvalue weighted by Crippen LogP contribution is 2.29. The van der Waals surface area contributed by atoms with Crippen molar-refractivity contribution in [1.29, 1.82) is 0 Å². The maximum atomic E-state index is 12.8. The zero-order valence-electron chi connectivity index (χ0n) is 19.4. The fourth-order valence-electron chi connectivity index (χ4n) is 5.01. The Hall–Kier alpha value is -3.32. The van der Waals surface area contributed by atoms with Gasteiger partial charge in [0.15, 0.2) is 0 Å². The van der Waals surface area contributed by atoms with Crippen molar-refractivity contribution in [2.45, 2.75) is 38.5 Å². The van der Waals surface area contributed by atoms with Crippen molar-refractivity contribution in [3.05, 3.63) is 65.9 Å². The number of hydrogen-bond acceptors (Lipinski definition) is 4. The molecule has 33 heavy (non-hydrogen) atoms. The van der Waals surface area contributed by atoms with Crippen molar-refractivity contribution >= 4 is 22.7 Å². The van der Waals surface area contributed by atoms with Crippen LogP contribution in [0.5, 0.6) is 5.75 Å². The first-order chi connectivity index (χ1) is 15.9. The summed E-state index contributed by atoms with van der Waals surface area (Å²) in [4.78, 5) is 29.5. The number of hydrogen-bond donors (Lipinski definition) is 1. The van der Waals surface area contributed by atoms with Crippen LogP contribution in [0.1, 0.15) is 25.0 Å². The molecule has 0 spiro atoms. The number of rotatable bonds is 5. The lowest BCUT2D eigenvalue weighted by Gasteiger charge is -2.47. The summed E-state index contributed by atoms with van der Waals surface area (Å²) in [5, 5.41) is 4.04. The smallest absolute Gasteiger partial charge is 0.248 e. The van der Waals surface area contributed by atoms with E-state index in [1.165, 1.54) is 11.1 Å². The third kappa shape index (κ3) is 3.97. The first kappa shape index (κ1) is 21.5. The summed E-state index contributed by atoms with van der Waals surface area (Å²) in [6.07, 6.45) is 2.21. The molecule has 2 amide bonds. The first-order valence-electron chi connectivity index (χ1n) is 11.4. The van der Waals surface area contributed by atoms with Gasteiger partial charge >= 0.3 is 0 Å². The van der Waals surface area contributed by atoms with Crippen LogP contribution >= 0.6 is 0 Å². The van der Waals surface area contributed by atoms with Gasteiger partial charge in [-0.2, -0.15) is 0 Å². The quantitative estimate of drug-likeness (QED) is 0.654. The van der Waals surface area contributed by atoms with Gasteiger partial charge in [-0.3, -0.25) is 14.5 Å². The van der Waals surface area contributed by atoms with Gasteiger partial charge in [0.25, 0.3) is 0 Å². The molecule has 2 saturated heterocycles. The minimum absolute atomic E-state index is 0.00375. The molecule has 0 saturated carbocycles. The fourth-order valence-corrected chi connectivity index (χ4v) is 5.01. The van der Waals surface area contributed by atoms with E-state index in [2.05, 4.69) is 57.4 Å². The second-order valence-electron chi connectivity index (χ2n) is 9.51. The number of piperazine rings is 2. The molecule has 172 valence electrons. The Kier molecular flexibility index (Phi) is 5.37. The molecule has 5 rings (SSSR count). The Morgan fingerprint density at radius 3 is 2.61 bits per heavy atom. The summed E-state index contributed by atoms with van der Waals surface area (Å²) in [5.74, 6) is 0.749. The van der Waals surface area contributed by atoms with Crippen molar-refractivity contribution in [1.82, 2.24) is 19.7 Å². The fraction of sp³-hybridized carbons (Fsp3) is 0.385. The van der Waals surface area contributed by atoms with Gasteiger partial charge in [0.1, 0.15) is 17.3 Å². The number of carbonyl (C=O) groups is 2. The van der Waals surface area contributed by atoms with Gasteiger partial charge in [-0.05, 0) is 43.2 Å². The lowest BCUT2D eigenvalue weighted by atomic mass is 9.95. The minimum atomic E-state index is -0.836. The van der Waals surface area contributed by atoms with Crippen LogP contribution in [0.15, 0.2) is 54.7 Å². The predicted octanol–water partition coefficient (Wildman–Crippen LogP) is 2.62. The maximum absolute atomic E-state index is 12.8. The van der Waals surface area contributed by atoms with Gasteiger partial charge in [0, 0.05) is 49.8 Å². The lowest BCUT2D eigenvalue weighted by molar-refractivity contribution is -0.157. The number of amides is 2. The molecule has 7 heteroatoms. The molecule has 2 fully saturated rings. The predicted molar refractivity (Wildman–Crippen MR) is 127 cm³/mol. The first-order valence-corrected chi connectivity index (χ1v) is 11.4. The van der Waals surface area contributed by atoms with E-state index in [4.69, 9.17) is 4.74 Å². The summed E-state index contributed by atoms with van der Waals surface area (Å²) in [7, 11) is 1.68. The van der Waals surface area contributed by atoms with E-state index in [9.17, 15) is 9.59 Å². The number of benzene rings is 2. The second-order valence-corrected chi connectivity index (χ2v) is 9.51. The van der Waals surface area contributed by atoms with Gasteiger partial charge in [-0.25, -0.2) is 0 Å². The normalized spacial score (nSPS) is 20.6. The highest BCUT2D eigenvalue weighted by molar-refractivity contribution is 5.99. The van der Waals surface area contributed by atoms with E-state index in [1.807, 2.05) is 12.1 Å². The van der Waals surface area contributed by atoms with Gasteiger partial charge in [0.05, 0.1) is 7.11 Å². The number of ether oxygens (including phenoxy) is 1. The average Bonchev–Trinajstić information content (AvgIpc) is 3.14. The third-order valence-electron chi connectivity index (χ3n) is 6.76. The molecule has 0 bridgehead atoms. The highest BCUT2D eigenvalue weighted by Gasteiger charge is 2.47. The zero-order valence-corrected chi connectivity index (χ0v) is 19.4. The van der Waals surface area contributed by atoms with Crippen molar-refractivity contribution in [2.24, 2.45) is 0 Å². The van der Waals surface area contributed by atoms with Crippen LogP contribution in [-0.4, -0.2) is 64.5 Å². The van der Waals surface area contributed by atoms with Gasteiger partial charge in [-0.1, -0.05) is 30.3 Å². The Bertz CT molecular complexity index is 1200. The van der Waals surface area contributed by atoms with Gasteiger partial charge < -0.3 is 19.5 Å². The van der Waals surface area contributed by atoms with E-state index >= 15 is 0 Å². The van der Waals surface area contributed by atoms with Crippen molar-refractivity contribution in [2.75, 3.05) is 26.7 Å². The molecular weight excluding hydrogens is 416 g/mol. The number of carbonyl (C=O) groups excluding carboxylic acids is 2. The summed E-state index contributed by atoms with van der Waals surface area (Å²) in [5.41, 5.74) is 2.75. The van der Waals surface area contributed by atoms with Crippen LogP contribution in [0, 0.1) is 0 Å². The molecule has 2 aliphatic rings. The summed E-state index contributed by atoms with van der Waals surface area (Å²) < 4.78 is 7.76. The highest BCUT2D eigenvalue weighted by atomic mass is 16.5. The molecule has 1 aromatic heterocycles. The molecular formula is C26H30N4O3. The molecule has 3 heterocycles. The second kappa shape index (κ2) is 8.23. The molecule has 1 unspecified atom stereocenters. The summed E-state index contributed by atoms with van der Waals surface area (Å²) in [6.45, 7) is 6.86. The van der Waals surface area contributed by atoms with Crippen LogP contribution < -0.4 is 10.1 Å². The standard InChI is InChI=1S/C26H30N4O3/c1-26(2)25(32)30-12-11-28(17-23(30)24(31)27-26)15-19-16-29(14-18-7-5-4-6-8-18)22-10-9-20(33-3)13-21(19)22/h4-10,13,16,23H,11-12,14-15,17H2,1-3H3,(H,27,31). The monoisotopic (exact) mass is 446 g/mol. The Labute approximate surface area is 193 Å². The molecule has 2 aliphatic heterocycles. The van der Waals surface area contributed by atoms with Crippen LogP contribution in [0.3, 0.4) is 0 Å². The van der Waals surface area contributed by atoms with Crippen molar-refractivity contribution in [3.8, 4) is 5.75 Å².